The Kier molecular flexibility index (Phi) is 4.70. The lowest BCUT2D eigenvalue weighted by molar-refractivity contribution is 0.681. The van der Waals surface area contributed by atoms with Crippen LogP contribution in [-0.4, -0.2) is 4.57 Å². The highest BCUT2D eigenvalue weighted by Crippen LogP contribution is 2.28. The van der Waals surface area contributed by atoms with Crippen LogP contribution in [0.4, 0.5) is 5.69 Å². The van der Waals surface area contributed by atoms with Crippen LogP contribution in [0.25, 0.3) is 0 Å². The zero-order chi connectivity index (χ0) is 13.8. The lowest BCUT2D eigenvalue weighted by Crippen LogP contribution is -2.02. The second-order valence-electron chi connectivity index (χ2n) is 5.05. The van der Waals surface area contributed by atoms with E-state index in [1.165, 1.54) is 28.8 Å². The van der Waals surface area contributed by atoms with Crippen molar-refractivity contribution in [3.63, 3.8) is 0 Å². The maximum atomic E-state index is 3.63. The molecule has 0 aliphatic rings. The monoisotopic (exact) mass is 320 g/mol. The summed E-state index contributed by atoms with van der Waals surface area (Å²) in [4.78, 5) is 0. The van der Waals surface area contributed by atoms with Gasteiger partial charge in [-0.3, -0.25) is 0 Å². The maximum absolute atomic E-state index is 3.63. The fraction of sp³-hybridized carbons (Fsp3) is 0.375. The molecule has 1 heterocycles. The van der Waals surface area contributed by atoms with Crippen LogP contribution < -0.4 is 5.32 Å². The second kappa shape index (κ2) is 6.29. The zero-order valence-corrected chi connectivity index (χ0v) is 13.4. The first-order valence-electron chi connectivity index (χ1n) is 6.75. The molecule has 0 spiro atoms. The third kappa shape index (κ3) is 3.63. The average molecular weight is 321 g/mol. The minimum atomic E-state index is 0.860. The topological polar surface area (TPSA) is 17.0 Å². The Morgan fingerprint density at radius 1 is 1.26 bits per heavy atom. The van der Waals surface area contributed by atoms with Gasteiger partial charge in [0.05, 0.1) is 5.69 Å². The molecule has 1 N–H and O–H groups in total. The molecule has 0 fully saturated rings. The van der Waals surface area contributed by atoms with Gasteiger partial charge in [0.2, 0.25) is 0 Å². The summed E-state index contributed by atoms with van der Waals surface area (Å²) in [7, 11) is 0. The Labute approximate surface area is 124 Å². The number of anilines is 1. The van der Waals surface area contributed by atoms with Crippen molar-refractivity contribution in [1.82, 2.24) is 4.57 Å². The van der Waals surface area contributed by atoms with Crippen LogP contribution in [0.2, 0.25) is 0 Å². The molecule has 1 aromatic heterocycles. The number of aromatic nitrogens is 1. The van der Waals surface area contributed by atoms with E-state index < -0.39 is 0 Å². The molecule has 102 valence electrons. The Morgan fingerprint density at radius 2 is 2.05 bits per heavy atom. The summed E-state index contributed by atoms with van der Waals surface area (Å²) in [6.07, 6.45) is 5.54. The molecule has 0 bridgehead atoms. The minimum absolute atomic E-state index is 0.860. The number of nitrogens with one attached hydrogen (secondary N) is 1. The summed E-state index contributed by atoms with van der Waals surface area (Å²) in [5.41, 5.74) is 5.07. The lowest BCUT2D eigenvalue weighted by Gasteiger charge is -2.12. The predicted molar refractivity (Wildman–Crippen MR) is 85.7 cm³/mol. The highest BCUT2D eigenvalue weighted by molar-refractivity contribution is 9.10. The minimum Gasteiger partial charge on any atom is -0.380 e. The van der Waals surface area contributed by atoms with E-state index in [1.54, 1.807) is 0 Å². The largest absolute Gasteiger partial charge is 0.380 e. The van der Waals surface area contributed by atoms with Gasteiger partial charge in [-0.05, 0) is 65.0 Å². The summed E-state index contributed by atoms with van der Waals surface area (Å²) in [5.74, 6) is 0. The molecule has 19 heavy (non-hydrogen) atoms. The third-order valence-electron chi connectivity index (χ3n) is 3.19. The number of hydrogen-bond donors (Lipinski definition) is 1. The van der Waals surface area contributed by atoms with Crippen molar-refractivity contribution in [1.29, 1.82) is 0 Å². The average Bonchev–Trinajstić information content (AvgIpc) is 2.76. The SMILES string of the molecule is CCCn1ccc(CNc2c(C)cc(C)cc2Br)c1. The molecule has 2 rings (SSSR count). The molecule has 0 aliphatic heterocycles. The van der Waals surface area contributed by atoms with Crippen molar-refractivity contribution < 1.29 is 0 Å². The molecule has 2 nitrogen and oxygen atoms in total. The quantitative estimate of drug-likeness (QED) is 0.830. The molecule has 0 atom stereocenters. The van der Waals surface area contributed by atoms with Gasteiger partial charge in [-0.2, -0.15) is 0 Å². The van der Waals surface area contributed by atoms with Crippen molar-refractivity contribution in [2.24, 2.45) is 0 Å². The van der Waals surface area contributed by atoms with E-state index in [4.69, 9.17) is 0 Å². The van der Waals surface area contributed by atoms with Crippen molar-refractivity contribution in [2.45, 2.75) is 40.3 Å². The molecular formula is C16H21BrN2. The molecule has 0 amide bonds. The Morgan fingerprint density at radius 3 is 2.74 bits per heavy atom. The summed E-state index contributed by atoms with van der Waals surface area (Å²) < 4.78 is 3.38. The van der Waals surface area contributed by atoms with Gasteiger partial charge in [-0.15, -0.1) is 0 Å². The molecule has 0 saturated heterocycles. The van der Waals surface area contributed by atoms with Gasteiger partial charge in [0.1, 0.15) is 0 Å². The lowest BCUT2D eigenvalue weighted by atomic mass is 10.1. The van der Waals surface area contributed by atoms with Crippen molar-refractivity contribution >= 4 is 21.6 Å². The van der Waals surface area contributed by atoms with Crippen LogP contribution in [0.5, 0.6) is 0 Å². The molecule has 3 heteroatoms. The highest BCUT2D eigenvalue weighted by Gasteiger charge is 2.05. The van der Waals surface area contributed by atoms with E-state index in [0.717, 1.165) is 17.6 Å². The maximum Gasteiger partial charge on any atom is 0.0517 e. The summed E-state index contributed by atoms with van der Waals surface area (Å²) in [6.45, 7) is 8.41. The second-order valence-corrected chi connectivity index (χ2v) is 5.90. The number of nitrogens with zero attached hydrogens (tertiary/aromatic N) is 1. The van der Waals surface area contributed by atoms with Gasteiger partial charge in [0.25, 0.3) is 0 Å². The zero-order valence-electron chi connectivity index (χ0n) is 11.8. The normalized spacial score (nSPS) is 10.7. The van der Waals surface area contributed by atoms with E-state index in [0.29, 0.717) is 0 Å². The number of halogens is 1. The van der Waals surface area contributed by atoms with E-state index in [-0.39, 0.29) is 0 Å². The van der Waals surface area contributed by atoms with Crippen LogP contribution in [0.15, 0.2) is 35.1 Å². The Bertz CT molecular complexity index is 535. The third-order valence-corrected chi connectivity index (χ3v) is 3.82. The van der Waals surface area contributed by atoms with E-state index >= 15 is 0 Å². The Balaban J connectivity index is 2.05. The van der Waals surface area contributed by atoms with Gasteiger partial charge >= 0.3 is 0 Å². The van der Waals surface area contributed by atoms with Gasteiger partial charge < -0.3 is 9.88 Å². The van der Waals surface area contributed by atoms with Crippen LogP contribution in [0.1, 0.15) is 30.0 Å². The molecule has 2 aromatic rings. The molecule has 0 unspecified atom stereocenters. The molecule has 0 aliphatic carbocycles. The fourth-order valence-corrected chi connectivity index (χ4v) is 3.14. The smallest absolute Gasteiger partial charge is 0.0517 e. The summed E-state index contributed by atoms with van der Waals surface area (Å²) in [6, 6.07) is 6.53. The number of hydrogen-bond acceptors (Lipinski definition) is 1. The van der Waals surface area contributed by atoms with E-state index in [1.807, 2.05) is 0 Å². The van der Waals surface area contributed by atoms with Crippen LogP contribution in [-0.2, 0) is 13.1 Å². The van der Waals surface area contributed by atoms with Crippen LogP contribution in [0, 0.1) is 13.8 Å². The first-order valence-corrected chi connectivity index (χ1v) is 7.54. The number of aryl methyl sites for hydroxylation is 3. The number of rotatable bonds is 5. The fourth-order valence-electron chi connectivity index (χ4n) is 2.32. The van der Waals surface area contributed by atoms with Crippen molar-refractivity contribution in [3.8, 4) is 0 Å². The van der Waals surface area contributed by atoms with E-state index in [9.17, 15) is 0 Å². The van der Waals surface area contributed by atoms with Gasteiger partial charge in [-0.1, -0.05) is 13.0 Å². The first-order chi connectivity index (χ1) is 9.10. The molecule has 1 aromatic carbocycles. The van der Waals surface area contributed by atoms with Gasteiger partial charge in [-0.25, -0.2) is 0 Å². The first kappa shape index (κ1) is 14.2. The summed E-state index contributed by atoms with van der Waals surface area (Å²) >= 11 is 3.63. The predicted octanol–water partition coefficient (Wildman–Crippen LogP) is 4.89. The summed E-state index contributed by atoms with van der Waals surface area (Å²) in [5, 5.41) is 3.52. The van der Waals surface area contributed by atoms with Gasteiger partial charge in [0, 0.05) is 30.0 Å². The van der Waals surface area contributed by atoms with Gasteiger partial charge in [0.15, 0.2) is 0 Å². The van der Waals surface area contributed by atoms with Crippen LogP contribution >= 0.6 is 15.9 Å². The molecule has 0 radical (unpaired) electrons. The van der Waals surface area contributed by atoms with Crippen molar-refractivity contribution in [3.05, 3.63) is 51.8 Å². The van der Waals surface area contributed by atoms with E-state index in [2.05, 4.69) is 77.2 Å². The molecular weight excluding hydrogens is 300 g/mol. The standard InChI is InChI=1S/C16H21BrN2/c1-4-6-19-7-5-14(11-19)10-18-16-13(3)8-12(2)9-15(16)17/h5,7-9,11,18H,4,6,10H2,1-3H3. The van der Waals surface area contributed by atoms with Crippen molar-refractivity contribution in [2.75, 3.05) is 5.32 Å². The molecule has 0 saturated carbocycles. The number of benzene rings is 1. The highest BCUT2D eigenvalue weighted by atomic mass is 79.9. The van der Waals surface area contributed by atoms with Crippen LogP contribution in [0.3, 0.4) is 0 Å². The Hall–Kier alpha value is -1.22.